The van der Waals surface area contributed by atoms with Crippen molar-refractivity contribution in [3.63, 3.8) is 0 Å². The average Bonchev–Trinajstić information content (AvgIpc) is 3.25. The number of carbonyl (C=O) groups excluding carboxylic acids is 5. The molecule has 0 heterocycles. The van der Waals surface area contributed by atoms with Crippen LogP contribution in [0.3, 0.4) is 0 Å². The van der Waals surface area contributed by atoms with Gasteiger partial charge in [-0.05, 0) is 60.7 Å². The third-order valence-corrected chi connectivity index (χ3v) is 9.62. The second kappa shape index (κ2) is 17.7. The zero-order valence-corrected chi connectivity index (χ0v) is 32.7. The second-order valence-electron chi connectivity index (χ2n) is 14.0. The maximum atomic E-state index is 13.9. The Kier molecular flexibility index (Phi) is 12.3. The lowest BCUT2D eigenvalue weighted by atomic mass is 9.86. The summed E-state index contributed by atoms with van der Waals surface area (Å²) in [5.74, 6) is -24.5. The van der Waals surface area contributed by atoms with Crippen molar-refractivity contribution in [2.75, 3.05) is 0 Å². The van der Waals surface area contributed by atoms with E-state index in [1.807, 2.05) is 0 Å². The standard InChI is InChI=1S/C41H32O25/c42-17-1-12(2-18(43)29(17)52)37(57)62-27-11-28(63-38(58)13-3-19(44)30(53)20(45)4-13)35(65-40(60)15-7-23(48)32(55)24(49)8-15)36(66-41(61)16-9-25(50)33(56)26(51)10-16)34(27)64-39(59)14-5-21(46)31(54)22(47)6-14/h1-10,27-28,34-36,42-56H,11H2/t27-,28-,34+,35+/m1/s1. The lowest BCUT2D eigenvalue weighted by Gasteiger charge is -2.43. The molecule has 5 aromatic rings. The Morgan fingerprint density at radius 2 is 0.455 bits per heavy atom. The summed E-state index contributed by atoms with van der Waals surface area (Å²) in [6, 6.07) is 5.63. The molecular formula is C41H32O25. The number of carbonyl (C=O) groups is 5. The Bertz CT molecular complexity index is 2550. The highest BCUT2D eigenvalue weighted by atomic mass is 16.6. The van der Waals surface area contributed by atoms with Gasteiger partial charge in [-0.3, -0.25) is 0 Å². The van der Waals surface area contributed by atoms with E-state index >= 15 is 0 Å². The average molecular weight is 925 g/mol. The maximum absolute atomic E-state index is 13.9. The van der Waals surface area contributed by atoms with Gasteiger partial charge in [0.25, 0.3) is 0 Å². The minimum absolute atomic E-state index is 0.537. The van der Waals surface area contributed by atoms with E-state index in [0.29, 0.717) is 60.7 Å². The van der Waals surface area contributed by atoms with Gasteiger partial charge < -0.3 is 100 Å². The van der Waals surface area contributed by atoms with Crippen molar-refractivity contribution in [1.29, 1.82) is 0 Å². The Balaban J connectivity index is 1.55. The van der Waals surface area contributed by atoms with E-state index < -0.39 is 181 Å². The second-order valence-corrected chi connectivity index (χ2v) is 14.0. The Morgan fingerprint density at radius 3 is 0.652 bits per heavy atom. The SMILES string of the molecule is O=C(OC1[C@@H](OC(=O)c2cc(O)c(O)c(O)c2)[C@H](OC(=O)c2cc(O)c(O)c(O)c2)C[C@@H](OC(=O)c2cc(O)c(O)c(O)c2)[C@@H]1OC(=O)c1cc(O)c(O)c(O)c1)c1cc(O)c(O)c(O)c1. The monoisotopic (exact) mass is 924 g/mol. The van der Waals surface area contributed by atoms with Crippen molar-refractivity contribution in [3.05, 3.63) is 88.5 Å². The molecule has 6 rings (SSSR count). The molecule has 0 radical (unpaired) electrons. The third-order valence-electron chi connectivity index (χ3n) is 9.62. The van der Waals surface area contributed by atoms with Gasteiger partial charge in [-0.15, -0.1) is 0 Å². The first-order valence-corrected chi connectivity index (χ1v) is 18.2. The predicted molar refractivity (Wildman–Crippen MR) is 208 cm³/mol. The van der Waals surface area contributed by atoms with Gasteiger partial charge in [0.1, 0.15) is 12.2 Å². The van der Waals surface area contributed by atoms with Crippen molar-refractivity contribution in [2.45, 2.75) is 36.9 Å². The molecule has 0 spiro atoms. The Hall–Kier alpha value is -9.55. The van der Waals surface area contributed by atoms with E-state index in [1.165, 1.54) is 0 Å². The molecule has 0 amide bonds. The summed E-state index contributed by atoms with van der Waals surface area (Å²) < 4.78 is 28.0. The van der Waals surface area contributed by atoms with Crippen LogP contribution in [0.5, 0.6) is 86.2 Å². The van der Waals surface area contributed by atoms with Crippen LogP contribution in [0, 0.1) is 0 Å². The molecule has 346 valence electrons. The van der Waals surface area contributed by atoms with Crippen molar-refractivity contribution in [1.82, 2.24) is 0 Å². The van der Waals surface area contributed by atoms with Crippen LogP contribution >= 0.6 is 0 Å². The van der Waals surface area contributed by atoms with Crippen LogP contribution in [0.15, 0.2) is 60.7 Å². The Labute approximate surface area is 365 Å². The van der Waals surface area contributed by atoms with E-state index in [4.69, 9.17) is 23.7 Å². The van der Waals surface area contributed by atoms with E-state index in [0.717, 1.165) is 0 Å². The van der Waals surface area contributed by atoms with Crippen LogP contribution in [0.4, 0.5) is 0 Å². The van der Waals surface area contributed by atoms with Crippen LogP contribution in [0.1, 0.15) is 58.2 Å². The first kappa shape index (κ1) is 46.0. The van der Waals surface area contributed by atoms with Crippen LogP contribution in [-0.2, 0) is 23.7 Å². The molecule has 15 N–H and O–H groups in total. The molecule has 0 aromatic heterocycles. The zero-order chi connectivity index (χ0) is 48.6. The molecule has 0 unspecified atom stereocenters. The number of ether oxygens (including phenoxy) is 5. The molecule has 5 aromatic carbocycles. The summed E-state index contributed by atoms with van der Waals surface area (Å²) in [4.78, 5) is 69.1. The number of phenolic OH excluding ortho intramolecular Hbond substituents is 15. The molecular weight excluding hydrogens is 892 g/mol. The lowest BCUT2D eigenvalue weighted by molar-refractivity contribution is -0.182. The van der Waals surface area contributed by atoms with E-state index in [9.17, 15) is 101 Å². The fraction of sp³-hybridized carbons (Fsp3) is 0.146. The number of benzene rings is 5. The smallest absolute Gasteiger partial charge is 0.338 e. The molecule has 25 nitrogen and oxygen atoms in total. The molecule has 1 aliphatic carbocycles. The number of aromatic hydroxyl groups is 15. The topological polar surface area (TPSA) is 435 Å². The fourth-order valence-electron chi connectivity index (χ4n) is 6.35. The zero-order valence-electron chi connectivity index (χ0n) is 32.7. The van der Waals surface area contributed by atoms with Crippen LogP contribution in [0.25, 0.3) is 0 Å². The molecule has 0 aliphatic heterocycles. The van der Waals surface area contributed by atoms with Gasteiger partial charge in [-0.1, -0.05) is 0 Å². The normalized spacial score (nSPS) is 17.8. The van der Waals surface area contributed by atoms with Crippen molar-refractivity contribution >= 4 is 29.8 Å². The van der Waals surface area contributed by atoms with E-state index in [1.54, 1.807) is 0 Å². The molecule has 1 saturated carbocycles. The molecule has 1 aliphatic rings. The largest absolute Gasteiger partial charge is 0.504 e. The van der Waals surface area contributed by atoms with Crippen LogP contribution in [0.2, 0.25) is 0 Å². The summed E-state index contributed by atoms with van der Waals surface area (Å²) >= 11 is 0. The van der Waals surface area contributed by atoms with Crippen LogP contribution < -0.4 is 0 Å². The summed E-state index contributed by atoms with van der Waals surface area (Å²) in [6.07, 6.45) is -12.8. The van der Waals surface area contributed by atoms with Crippen molar-refractivity contribution in [3.8, 4) is 86.2 Å². The number of hydrogen-bond donors (Lipinski definition) is 15. The predicted octanol–water partition coefficient (Wildman–Crippen LogP) is 2.10. The number of hydrogen-bond acceptors (Lipinski definition) is 25. The van der Waals surface area contributed by atoms with Crippen LogP contribution in [-0.4, -0.2) is 137 Å². The first-order chi connectivity index (χ1) is 30.9. The van der Waals surface area contributed by atoms with Gasteiger partial charge in [-0.2, -0.15) is 0 Å². The molecule has 66 heavy (non-hydrogen) atoms. The van der Waals surface area contributed by atoms with Gasteiger partial charge in [0.15, 0.2) is 105 Å². The lowest BCUT2D eigenvalue weighted by Crippen LogP contribution is -2.62. The van der Waals surface area contributed by atoms with E-state index in [-0.39, 0.29) is 0 Å². The maximum Gasteiger partial charge on any atom is 0.338 e. The number of rotatable bonds is 10. The quantitative estimate of drug-likeness (QED) is 0.0541. The van der Waals surface area contributed by atoms with Crippen molar-refractivity contribution < 1.29 is 124 Å². The van der Waals surface area contributed by atoms with Gasteiger partial charge in [0.05, 0.1) is 27.8 Å². The summed E-state index contributed by atoms with van der Waals surface area (Å²) in [7, 11) is 0. The molecule has 4 atom stereocenters. The molecule has 1 fully saturated rings. The number of esters is 5. The van der Waals surface area contributed by atoms with Gasteiger partial charge in [-0.25, -0.2) is 24.0 Å². The van der Waals surface area contributed by atoms with Crippen molar-refractivity contribution in [2.24, 2.45) is 0 Å². The fourth-order valence-corrected chi connectivity index (χ4v) is 6.35. The highest BCUT2D eigenvalue weighted by molar-refractivity contribution is 5.95. The van der Waals surface area contributed by atoms with Gasteiger partial charge in [0.2, 0.25) is 0 Å². The van der Waals surface area contributed by atoms with E-state index in [2.05, 4.69) is 0 Å². The Morgan fingerprint density at radius 1 is 0.288 bits per heavy atom. The summed E-state index contributed by atoms with van der Waals surface area (Å²) in [6.45, 7) is 0. The molecule has 0 saturated heterocycles. The highest BCUT2D eigenvalue weighted by Crippen LogP contribution is 2.42. The minimum Gasteiger partial charge on any atom is -0.504 e. The third kappa shape index (κ3) is 9.14. The minimum atomic E-state index is -2.53. The first-order valence-electron chi connectivity index (χ1n) is 18.2. The summed E-state index contributed by atoms with van der Waals surface area (Å²) in [5, 5.41) is 151. The number of phenols is 15. The highest BCUT2D eigenvalue weighted by Gasteiger charge is 2.55. The summed E-state index contributed by atoms with van der Waals surface area (Å²) in [5.41, 5.74) is -3.88. The van der Waals surface area contributed by atoms with Gasteiger partial charge in [0, 0.05) is 6.42 Å². The molecule has 0 bridgehead atoms. The van der Waals surface area contributed by atoms with Gasteiger partial charge >= 0.3 is 29.8 Å². The molecule has 25 heteroatoms.